The summed E-state index contributed by atoms with van der Waals surface area (Å²) in [5.41, 5.74) is 1.17. The highest BCUT2D eigenvalue weighted by atomic mass is 16.5. The van der Waals surface area contributed by atoms with Gasteiger partial charge < -0.3 is 19.9 Å². The maximum atomic E-state index is 5.76. The molecule has 0 saturated carbocycles. The Bertz CT molecular complexity index is 755. The number of aromatic nitrogens is 2. The third-order valence-electron chi connectivity index (χ3n) is 4.67. The highest BCUT2D eigenvalue weighted by Gasteiger charge is 2.21. The monoisotopic (exact) mass is 396 g/mol. The van der Waals surface area contributed by atoms with Gasteiger partial charge in [0.15, 0.2) is 5.96 Å². The van der Waals surface area contributed by atoms with Gasteiger partial charge in [0.05, 0.1) is 13.2 Å². The van der Waals surface area contributed by atoms with Crippen LogP contribution in [0.15, 0.2) is 47.7 Å². The molecule has 1 aliphatic rings. The maximum absolute atomic E-state index is 5.76. The normalized spacial score (nSPS) is 15.0. The van der Waals surface area contributed by atoms with Crippen molar-refractivity contribution in [2.24, 2.45) is 10.9 Å². The average molecular weight is 397 g/mol. The molecule has 3 rings (SSSR count). The van der Waals surface area contributed by atoms with Crippen LogP contribution in [-0.4, -0.2) is 60.2 Å². The van der Waals surface area contributed by atoms with Crippen LogP contribution in [0.1, 0.15) is 26.3 Å². The Morgan fingerprint density at radius 2 is 1.79 bits per heavy atom. The molecule has 0 amide bonds. The molecule has 1 saturated heterocycles. The number of benzene rings is 1. The van der Waals surface area contributed by atoms with Gasteiger partial charge in [-0.05, 0) is 36.6 Å². The highest BCUT2D eigenvalue weighted by Crippen LogP contribution is 2.14. The lowest BCUT2D eigenvalue weighted by molar-refractivity contribution is 0.271. The van der Waals surface area contributed by atoms with E-state index in [2.05, 4.69) is 58.0 Å². The number of aliphatic imine (C=N–C) groups is 1. The van der Waals surface area contributed by atoms with Crippen LogP contribution >= 0.6 is 0 Å². The van der Waals surface area contributed by atoms with E-state index in [1.165, 1.54) is 5.56 Å². The number of nitrogens with one attached hydrogen (secondary N) is 1. The Labute approximate surface area is 173 Å². The molecule has 0 spiro atoms. The third kappa shape index (κ3) is 6.34. The zero-order valence-corrected chi connectivity index (χ0v) is 17.7. The van der Waals surface area contributed by atoms with E-state index in [1.807, 2.05) is 18.2 Å². The fourth-order valence-corrected chi connectivity index (χ4v) is 3.12. The van der Waals surface area contributed by atoms with Gasteiger partial charge in [-0.15, -0.1) is 0 Å². The predicted octanol–water partition coefficient (Wildman–Crippen LogP) is 2.80. The van der Waals surface area contributed by atoms with Gasteiger partial charge in [-0.3, -0.25) is 0 Å². The summed E-state index contributed by atoms with van der Waals surface area (Å²) in [6, 6.07) is 10.1. The van der Waals surface area contributed by atoms with Crippen LogP contribution in [0, 0.1) is 5.92 Å². The second-order valence-corrected chi connectivity index (χ2v) is 7.54. The standard InChI is InChI=1S/C22H32N6O/c1-4-23-21(26-16-19-6-8-20(9-7-19)29-17-18(2)3)27-12-14-28(15-13-27)22-24-10-5-11-25-22/h5-11,18H,4,12-17H2,1-3H3,(H,23,26). The van der Waals surface area contributed by atoms with E-state index in [1.54, 1.807) is 12.4 Å². The first-order valence-electron chi connectivity index (χ1n) is 10.4. The van der Waals surface area contributed by atoms with Crippen molar-refractivity contribution in [1.29, 1.82) is 0 Å². The molecule has 0 radical (unpaired) electrons. The summed E-state index contributed by atoms with van der Waals surface area (Å²) in [5.74, 6) is 3.20. The molecule has 1 aliphatic heterocycles. The maximum Gasteiger partial charge on any atom is 0.225 e. The van der Waals surface area contributed by atoms with Gasteiger partial charge >= 0.3 is 0 Å². The fourth-order valence-electron chi connectivity index (χ4n) is 3.12. The van der Waals surface area contributed by atoms with E-state index >= 15 is 0 Å². The predicted molar refractivity (Wildman–Crippen MR) is 117 cm³/mol. The Morgan fingerprint density at radius 3 is 2.41 bits per heavy atom. The van der Waals surface area contributed by atoms with Gasteiger partial charge in [-0.2, -0.15) is 0 Å². The molecule has 29 heavy (non-hydrogen) atoms. The highest BCUT2D eigenvalue weighted by molar-refractivity contribution is 5.80. The number of hydrogen-bond donors (Lipinski definition) is 1. The first kappa shape index (κ1) is 20.9. The second-order valence-electron chi connectivity index (χ2n) is 7.54. The Hall–Kier alpha value is -2.83. The lowest BCUT2D eigenvalue weighted by Crippen LogP contribution is -2.52. The van der Waals surface area contributed by atoms with Crippen LogP contribution in [0.3, 0.4) is 0 Å². The van der Waals surface area contributed by atoms with Crippen molar-refractivity contribution in [1.82, 2.24) is 20.2 Å². The summed E-state index contributed by atoms with van der Waals surface area (Å²) in [6.45, 7) is 12.2. The minimum atomic E-state index is 0.524. The molecule has 0 atom stereocenters. The number of piperazine rings is 1. The molecular formula is C22H32N6O. The zero-order chi connectivity index (χ0) is 20.5. The van der Waals surface area contributed by atoms with Crippen molar-refractivity contribution in [3.63, 3.8) is 0 Å². The number of anilines is 1. The number of guanidine groups is 1. The van der Waals surface area contributed by atoms with Crippen molar-refractivity contribution >= 4 is 11.9 Å². The largest absolute Gasteiger partial charge is 0.493 e. The summed E-state index contributed by atoms with van der Waals surface area (Å²) in [5, 5.41) is 3.42. The number of nitrogens with zero attached hydrogens (tertiary/aromatic N) is 5. The topological polar surface area (TPSA) is 65.9 Å². The summed E-state index contributed by atoms with van der Waals surface area (Å²) in [6.07, 6.45) is 3.58. The molecule has 7 nitrogen and oxygen atoms in total. The zero-order valence-electron chi connectivity index (χ0n) is 17.7. The lowest BCUT2D eigenvalue weighted by atomic mass is 10.2. The smallest absolute Gasteiger partial charge is 0.225 e. The molecule has 2 aromatic rings. The van der Waals surface area contributed by atoms with Gasteiger partial charge in [0.25, 0.3) is 0 Å². The number of rotatable bonds is 7. The van der Waals surface area contributed by atoms with Crippen LogP contribution in [0.2, 0.25) is 0 Å². The summed E-state index contributed by atoms with van der Waals surface area (Å²) in [4.78, 5) is 18.1. The Kier molecular flexibility index (Phi) is 7.67. The van der Waals surface area contributed by atoms with Crippen molar-refractivity contribution < 1.29 is 4.74 Å². The molecule has 7 heteroatoms. The van der Waals surface area contributed by atoms with Gasteiger partial charge in [-0.1, -0.05) is 26.0 Å². The molecular weight excluding hydrogens is 364 g/mol. The average Bonchev–Trinajstić information content (AvgIpc) is 2.76. The molecule has 1 aromatic carbocycles. The fraction of sp³-hybridized carbons (Fsp3) is 0.500. The number of hydrogen-bond acceptors (Lipinski definition) is 5. The van der Waals surface area contributed by atoms with Gasteiger partial charge in [-0.25, -0.2) is 15.0 Å². The molecule has 1 aromatic heterocycles. The minimum absolute atomic E-state index is 0.524. The van der Waals surface area contributed by atoms with Crippen LogP contribution in [-0.2, 0) is 6.54 Å². The molecule has 0 aliphatic carbocycles. The third-order valence-corrected chi connectivity index (χ3v) is 4.67. The lowest BCUT2D eigenvalue weighted by Gasteiger charge is -2.36. The van der Waals surface area contributed by atoms with E-state index in [0.717, 1.165) is 57.0 Å². The van der Waals surface area contributed by atoms with Crippen molar-refractivity contribution in [3.05, 3.63) is 48.3 Å². The van der Waals surface area contributed by atoms with E-state index in [0.29, 0.717) is 12.5 Å². The summed E-state index contributed by atoms with van der Waals surface area (Å²) < 4.78 is 5.76. The van der Waals surface area contributed by atoms with Crippen LogP contribution in [0.5, 0.6) is 5.75 Å². The van der Waals surface area contributed by atoms with E-state index in [-0.39, 0.29) is 0 Å². The van der Waals surface area contributed by atoms with Crippen molar-refractivity contribution in [2.75, 3.05) is 44.2 Å². The molecule has 1 fully saturated rings. The SMILES string of the molecule is CCNC(=NCc1ccc(OCC(C)C)cc1)N1CCN(c2ncccn2)CC1. The first-order valence-corrected chi connectivity index (χ1v) is 10.4. The minimum Gasteiger partial charge on any atom is -0.493 e. The van der Waals surface area contributed by atoms with Crippen molar-refractivity contribution in [3.8, 4) is 5.75 Å². The van der Waals surface area contributed by atoms with Crippen LogP contribution in [0.25, 0.3) is 0 Å². The van der Waals surface area contributed by atoms with Gasteiger partial charge in [0, 0.05) is 45.1 Å². The Morgan fingerprint density at radius 1 is 1.10 bits per heavy atom. The molecule has 2 heterocycles. The Balaban J connectivity index is 1.56. The molecule has 0 bridgehead atoms. The summed E-state index contributed by atoms with van der Waals surface area (Å²) in [7, 11) is 0. The molecule has 156 valence electrons. The number of ether oxygens (including phenoxy) is 1. The molecule has 1 N–H and O–H groups in total. The van der Waals surface area contributed by atoms with E-state index in [4.69, 9.17) is 9.73 Å². The van der Waals surface area contributed by atoms with Gasteiger partial charge in [0.1, 0.15) is 5.75 Å². The van der Waals surface area contributed by atoms with Crippen molar-refractivity contribution in [2.45, 2.75) is 27.3 Å². The second kappa shape index (κ2) is 10.6. The van der Waals surface area contributed by atoms with Crippen LogP contribution in [0.4, 0.5) is 5.95 Å². The van der Waals surface area contributed by atoms with E-state index < -0.39 is 0 Å². The molecule has 0 unspecified atom stereocenters. The quantitative estimate of drug-likeness (QED) is 0.573. The summed E-state index contributed by atoms with van der Waals surface area (Å²) >= 11 is 0. The van der Waals surface area contributed by atoms with Gasteiger partial charge in [0.2, 0.25) is 5.95 Å². The van der Waals surface area contributed by atoms with Crippen LogP contribution < -0.4 is 15.0 Å². The first-order chi connectivity index (χ1) is 14.2. The van der Waals surface area contributed by atoms with E-state index in [9.17, 15) is 0 Å².